The van der Waals surface area contributed by atoms with E-state index in [1.54, 1.807) is 24.1 Å². The van der Waals surface area contributed by atoms with Crippen LogP contribution >= 0.6 is 35.0 Å². The van der Waals surface area contributed by atoms with Gasteiger partial charge in [-0.15, -0.1) is 11.8 Å². The van der Waals surface area contributed by atoms with Gasteiger partial charge < -0.3 is 10.2 Å². The van der Waals surface area contributed by atoms with Crippen molar-refractivity contribution in [2.24, 2.45) is 5.73 Å². The lowest BCUT2D eigenvalue weighted by Gasteiger charge is -2.18. The topological polar surface area (TPSA) is 39.2 Å². The zero-order valence-corrected chi connectivity index (χ0v) is 12.1. The van der Waals surface area contributed by atoms with Crippen LogP contribution in [-0.2, 0) is 0 Å². The van der Waals surface area contributed by atoms with Crippen LogP contribution in [0.5, 0.6) is 0 Å². The highest BCUT2D eigenvalue weighted by molar-refractivity contribution is 7.99. The fraction of sp³-hybridized carbons (Fsp3) is 0.231. The number of halogens is 2. The predicted octanol–water partition coefficient (Wildman–Crippen LogP) is 4.77. The second kappa shape index (κ2) is 6.02. The summed E-state index contributed by atoms with van der Waals surface area (Å²) in [6.07, 6.45) is 1.65. The molecule has 0 saturated carbocycles. The Kier molecular flexibility index (Phi) is 4.62. The molecule has 2 aromatic rings. The van der Waals surface area contributed by atoms with Crippen molar-refractivity contribution in [1.29, 1.82) is 0 Å². The van der Waals surface area contributed by atoms with Gasteiger partial charge in [0.25, 0.3) is 0 Å². The largest absolute Gasteiger partial charge is 0.468 e. The Hall–Kier alpha value is -0.610. The van der Waals surface area contributed by atoms with Crippen molar-refractivity contribution in [2.45, 2.75) is 23.1 Å². The van der Waals surface area contributed by atoms with Crippen molar-refractivity contribution in [3.05, 3.63) is 52.4 Å². The lowest BCUT2D eigenvalue weighted by molar-refractivity contribution is 0.487. The van der Waals surface area contributed by atoms with Gasteiger partial charge in [-0.1, -0.05) is 23.2 Å². The highest BCUT2D eigenvalue weighted by atomic mass is 35.5. The molecule has 5 heteroatoms. The molecule has 0 radical (unpaired) electrons. The third-order valence-corrected chi connectivity index (χ3v) is 4.64. The SMILES string of the molecule is CC(N)C(Sc1ccc(Cl)c(Cl)c1)c1ccco1. The molecule has 2 N–H and O–H groups in total. The summed E-state index contributed by atoms with van der Waals surface area (Å²) in [5, 5.41) is 1.15. The molecule has 0 aliphatic heterocycles. The Balaban J connectivity index is 2.21. The Labute approximate surface area is 120 Å². The molecule has 96 valence electrons. The third kappa shape index (κ3) is 3.23. The van der Waals surface area contributed by atoms with E-state index in [1.807, 2.05) is 31.2 Å². The van der Waals surface area contributed by atoms with E-state index in [4.69, 9.17) is 33.4 Å². The summed E-state index contributed by atoms with van der Waals surface area (Å²) >= 11 is 13.5. The number of rotatable bonds is 4. The van der Waals surface area contributed by atoms with Crippen molar-refractivity contribution >= 4 is 35.0 Å². The lowest BCUT2D eigenvalue weighted by Crippen LogP contribution is -2.22. The van der Waals surface area contributed by atoms with E-state index in [1.165, 1.54) is 0 Å². The van der Waals surface area contributed by atoms with E-state index in [2.05, 4.69) is 0 Å². The van der Waals surface area contributed by atoms with Gasteiger partial charge in [0.2, 0.25) is 0 Å². The average molecular weight is 302 g/mol. The summed E-state index contributed by atoms with van der Waals surface area (Å²) in [6.45, 7) is 1.96. The molecule has 1 aromatic heterocycles. The van der Waals surface area contributed by atoms with E-state index >= 15 is 0 Å². The zero-order valence-electron chi connectivity index (χ0n) is 9.77. The number of nitrogens with two attached hydrogens (primary N) is 1. The van der Waals surface area contributed by atoms with Crippen LogP contribution in [-0.4, -0.2) is 6.04 Å². The molecule has 0 amide bonds. The summed E-state index contributed by atoms with van der Waals surface area (Å²) in [5.74, 6) is 0.862. The van der Waals surface area contributed by atoms with Crippen molar-refractivity contribution < 1.29 is 4.42 Å². The van der Waals surface area contributed by atoms with Gasteiger partial charge in [0, 0.05) is 10.9 Å². The van der Waals surface area contributed by atoms with Crippen LogP contribution in [0, 0.1) is 0 Å². The Bertz CT molecular complexity index is 514. The molecule has 0 fully saturated rings. The number of benzene rings is 1. The quantitative estimate of drug-likeness (QED) is 0.827. The minimum atomic E-state index is -0.0318. The van der Waals surface area contributed by atoms with E-state index in [-0.39, 0.29) is 11.3 Å². The molecule has 1 heterocycles. The lowest BCUT2D eigenvalue weighted by atomic mass is 10.2. The monoisotopic (exact) mass is 301 g/mol. The highest BCUT2D eigenvalue weighted by Crippen LogP contribution is 2.39. The van der Waals surface area contributed by atoms with Crippen LogP contribution in [0.4, 0.5) is 0 Å². The predicted molar refractivity (Wildman–Crippen MR) is 77.4 cm³/mol. The van der Waals surface area contributed by atoms with Crippen molar-refractivity contribution in [3.8, 4) is 0 Å². The number of hydrogen-bond donors (Lipinski definition) is 1. The van der Waals surface area contributed by atoms with Gasteiger partial charge in [-0.3, -0.25) is 0 Å². The fourth-order valence-electron chi connectivity index (χ4n) is 1.57. The molecular weight excluding hydrogens is 289 g/mol. The van der Waals surface area contributed by atoms with E-state index in [0.29, 0.717) is 10.0 Å². The molecular formula is C13H13Cl2NOS. The van der Waals surface area contributed by atoms with Crippen molar-refractivity contribution in [1.82, 2.24) is 0 Å². The summed E-state index contributed by atoms with van der Waals surface area (Å²) in [4.78, 5) is 1.02. The molecule has 2 nitrogen and oxygen atoms in total. The van der Waals surface area contributed by atoms with Gasteiger partial charge in [0.05, 0.1) is 21.6 Å². The Morgan fingerprint density at radius 2 is 2.00 bits per heavy atom. The zero-order chi connectivity index (χ0) is 13.1. The standard InChI is InChI=1S/C13H13Cl2NOS/c1-8(16)13(12-3-2-6-17-12)18-9-4-5-10(14)11(15)7-9/h2-8,13H,16H2,1H3. The van der Waals surface area contributed by atoms with Gasteiger partial charge in [0.1, 0.15) is 5.76 Å². The van der Waals surface area contributed by atoms with Crippen molar-refractivity contribution in [2.75, 3.05) is 0 Å². The molecule has 0 aliphatic carbocycles. The molecule has 2 unspecified atom stereocenters. The summed E-state index contributed by atoms with van der Waals surface area (Å²) in [7, 11) is 0. The molecule has 0 saturated heterocycles. The van der Waals surface area contributed by atoms with Crippen molar-refractivity contribution in [3.63, 3.8) is 0 Å². The first kappa shape index (κ1) is 13.8. The van der Waals surface area contributed by atoms with E-state index in [0.717, 1.165) is 10.7 Å². The maximum absolute atomic E-state index is 6.00. The molecule has 0 spiro atoms. The summed E-state index contributed by atoms with van der Waals surface area (Å²) in [5.41, 5.74) is 6.00. The van der Waals surface area contributed by atoms with E-state index in [9.17, 15) is 0 Å². The number of furan rings is 1. The smallest absolute Gasteiger partial charge is 0.118 e. The minimum absolute atomic E-state index is 0.0318. The molecule has 1 aromatic carbocycles. The van der Waals surface area contributed by atoms with Crippen LogP contribution in [0.3, 0.4) is 0 Å². The maximum atomic E-state index is 6.00. The molecule has 2 rings (SSSR count). The van der Waals surface area contributed by atoms with Crippen LogP contribution in [0.15, 0.2) is 45.9 Å². The molecule has 2 atom stereocenters. The maximum Gasteiger partial charge on any atom is 0.118 e. The van der Waals surface area contributed by atoms with Gasteiger partial charge in [0.15, 0.2) is 0 Å². The second-order valence-corrected chi connectivity index (χ2v) is 6.02. The molecule has 0 bridgehead atoms. The minimum Gasteiger partial charge on any atom is -0.468 e. The van der Waals surface area contributed by atoms with Crippen LogP contribution < -0.4 is 5.73 Å². The van der Waals surface area contributed by atoms with Crippen LogP contribution in [0.25, 0.3) is 0 Å². The first-order chi connectivity index (χ1) is 8.58. The van der Waals surface area contributed by atoms with E-state index < -0.39 is 0 Å². The van der Waals surface area contributed by atoms with Gasteiger partial charge >= 0.3 is 0 Å². The highest BCUT2D eigenvalue weighted by Gasteiger charge is 2.20. The van der Waals surface area contributed by atoms with Gasteiger partial charge in [-0.05, 0) is 37.3 Å². The Morgan fingerprint density at radius 1 is 1.22 bits per heavy atom. The number of thioether (sulfide) groups is 1. The summed E-state index contributed by atoms with van der Waals surface area (Å²) in [6, 6.07) is 9.31. The normalized spacial score (nSPS) is 14.4. The van der Waals surface area contributed by atoms with Gasteiger partial charge in [-0.2, -0.15) is 0 Å². The number of hydrogen-bond acceptors (Lipinski definition) is 3. The second-order valence-electron chi connectivity index (χ2n) is 3.99. The van der Waals surface area contributed by atoms with Crippen LogP contribution in [0.1, 0.15) is 17.9 Å². The third-order valence-electron chi connectivity index (χ3n) is 2.46. The van der Waals surface area contributed by atoms with Crippen LogP contribution in [0.2, 0.25) is 10.0 Å². The first-order valence-corrected chi connectivity index (χ1v) is 7.12. The molecule has 18 heavy (non-hydrogen) atoms. The average Bonchev–Trinajstić information content (AvgIpc) is 2.83. The Morgan fingerprint density at radius 3 is 2.56 bits per heavy atom. The summed E-state index contributed by atoms with van der Waals surface area (Å²) < 4.78 is 5.42. The first-order valence-electron chi connectivity index (χ1n) is 5.48. The molecule has 0 aliphatic rings. The fourth-order valence-corrected chi connectivity index (χ4v) is 3.03. The van der Waals surface area contributed by atoms with Gasteiger partial charge in [-0.25, -0.2) is 0 Å².